The summed E-state index contributed by atoms with van der Waals surface area (Å²) in [4.78, 5) is 30.9. The largest absolute Gasteiger partial charge is 0.480 e. The van der Waals surface area contributed by atoms with Gasteiger partial charge in [-0.05, 0) is 6.92 Å². The smallest absolute Gasteiger partial charge is 0.327 e. The second-order valence-electron chi connectivity index (χ2n) is 2.61. The molecule has 0 aromatic rings. The number of aliphatic carboxylic acids is 2. The van der Waals surface area contributed by atoms with E-state index in [0.717, 1.165) is 11.0 Å². The summed E-state index contributed by atoms with van der Waals surface area (Å²) >= 11 is 0. The van der Waals surface area contributed by atoms with Crippen molar-refractivity contribution < 1.29 is 24.6 Å². The number of carboxylic acids is 2. The van der Waals surface area contributed by atoms with Crippen LogP contribution in [0.1, 0.15) is 13.8 Å². The number of carbonyl (C=O) groups is 3. The van der Waals surface area contributed by atoms with Gasteiger partial charge in [-0.2, -0.15) is 0 Å². The van der Waals surface area contributed by atoms with Gasteiger partial charge in [0.1, 0.15) is 6.54 Å². The predicted octanol–water partition coefficient (Wildman–Crippen LogP) is 0.196. The number of allylic oxidation sites excluding steroid dienone is 1. The summed E-state index contributed by atoms with van der Waals surface area (Å²) in [5.74, 6) is -2.12. The van der Waals surface area contributed by atoms with Crippen molar-refractivity contribution in [1.29, 1.82) is 0 Å². The van der Waals surface area contributed by atoms with Crippen LogP contribution >= 0.6 is 0 Å². The Hall–Kier alpha value is -1.85. The summed E-state index contributed by atoms with van der Waals surface area (Å²) in [6.07, 6.45) is 2.56. The molecular formula is C9H15NO5. The van der Waals surface area contributed by atoms with Crippen LogP contribution in [0.15, 0.2) is 12.2 Å². The molecule has 0 radical (unpaired) electrons. The summed E-state index contributed by atoms with van der Waals surface area (Å²) < 4.78 is 0. The molecule has 0 rings (SSSR count). The molecule has 6 nitrogen and oxygen atoms in total. The lowest BCUT2D eigenvalue weighted by atomic mass is 10.5. The molecule has 0 aromatic carbocycles. The van der Waals surface area contributed by atoms with Crippen LogP contribution in [0.4, 0.5) is 0 Å². The summed E-state index contributed by atoms with van der Waals surface area (Å²) in [7, 11) is 1.44. The van der Waals surface area contributed by atoms with Crippen molar-refractivity contribution >= 4 is 17.8 Å². The summed E-state index contributed by atoms with van der Waals surface area (Å²) in [6, 6.07) is 0. The van der Waals surface area contributed by atoms with Crippen molar-refractivity contribution in [2.75, 3.05) is 13.6 Å². The Balaban J connectivity index is 0. The number of rotatable bonds is 3. The SMILES string of the molecule is C/C=C/C(=O)O.CC(=O)N(C)CC(=O)O. The first-order valence-electron chi connectivity index (χ1n) is 4.10. The maximum absolute atomic E-state index is 10.3. The molecular weight excluding hydrogens is 202 g/mol. The average Bonchev–Trinajstić information content (AvgIpc) is 2.03. The van der Waals surface area contributed by atoms with Crippen molar-refractivity contribution in [1.82, 2.24) is 4.90 Å². The molecule has 0 spiro atoms. The number of carbonyl (C=O) groups excluding carboxylic acids is 1. The maximum atomic E-state index is 10.3. The Morgan fingerprint density at radius 3 is 1.80 bits per heavy atom. The standard InChI is InChI=1S/C5H9NO3.C4H6O2/c1-4(7)6(2)3-5(8)9;1-2-3-4(5)6/h3H2,1-2H3,(H,8,9);2-3H,1H3,(H,5,6)/b;3-2+. The molecule has 15 heavy (non-hydrogen) atoms. The average molecular weight is 217 g/mol. The third-order valence-corrected chi connectivity index (χ3v) is 1.22. The molecule has 0 atom stereocenters. The molecule has 6 heteroatoms. The second-order valence-corrected chi connectivity index (χ2v) is 2.61. The highest BCUT2D eigenvalue weighted by Gasteiger charge is 2.05. The number of carboxylic acid groups (broad SMARTS) is 2. The second kappa shape index (κ2) is 8.74. The molecule has 1 amide bonds. The van der Waals surface area contributed by atoms with Crippen LogP contribution in [0.5, 0.6) is 0 Å². The first-order valence-corrected chi connectivity index (χ1v) is 4.10. The van der Waals surface area contributed by atoms with Crippen LogP contribution in [0.25, 0.3) is 0 Å². The fourth-order valence-corrected chi connectivity index (χ4v) is 0.457. The van der Waals surface area contributed by atoms with Crippen molar-refractivity contribution in [2.24, 2.45) is 0 Å². The molecule has 0 aliphatic carbocycles. The predicted molar refractivity (Wildman–Crippen MR) is 53.4 cm³/mol. The molecule has 0 aliphatic heterocycles. The van der Waals surface area contributed by atoms with Gasteiger partial charge in [-0.15, -0.1) is 0 Å². The molecule has 0 aliphatic rings. The zero-order valence-corrected chi connectivity index (χ0v) is 8.93. The minimum Gasteiger partial charge on any atom is -0.480 e. The van der Waals surface area contributed by atoms with Crippen LogP contribution in [-0.2, 0) is 14.4 Å². The number of hydrogen-bond acceptors (Lipinski definition) is 3. The number of likely N-dealkylation sites (N-methyl/N-ethyl adjacent to an activating group) is 1. The third-order valence-electron chi connectivity index (χ3n) is 1.22. The van der Waals surface area contributed by atoms with Gasteiger partial charge in [-0.1, -0.05) is 6.08 Å². The first-order chi connectivity index (χ1) is 6.81. The highest BCUT2D eigenvalue weighted by Crippen LogP contribution is 1.80. The minimum absolute atomic E-state index is 0.227. The van der Waals surface area contributed by atoms with Crippen molar-refractivity contribution in [2.45, 2.75) is 13.8 Å². The summed E-state index contributed by atoms with van der Waals surface area (Å²) in [5.41, 5.74) is 0. The Bertz CT molecular complexity index is 259. The van der Waals surface area contributed by atoms with E-state index in [4.69, 9.17) is 10.2 Å². The Morgan fingerprint density at radius 2 is 1.73 bits per heavy atom. The Labute approximate surface area is 87.8 Å². The quantitative estimate of drug-likeness (QED) is 0.658. The van der Waals surface area contributed by atoms with Gasteiger partial charge in [0, 0.05) is 20.0 Å². The number of hydrogen-bond donors (Lipinski definition) is 2. The summed E-state index contributed by atoms with van der Waals surface area (Å²) in [5, 5.41) is 16.0. The van der Waals surface area contributed by atoms with Gasteiger partial charge >= 0.3 is 11.9 Å². The molecule has 0 saturated carbocycles. The monoisotopic (exact) mass is 217 g/mol. The molecule has 0 bridgehead atoms. The fraction of sp³-hybridized carbons (Fsp3) is 0.444. The maximum Gasteiger partial charge on any atom is 0.327 e. The number of amides is 1. The molecule has 86 valence electrons. The third kappa shape index (κ3) is 15.0. The highest BCUT2D eigenvalue weighted by molar-refractivity contribution is 5.79. The molecule has 0 saturated heterocycles. The van der Waals surface area contributed by atoms with Crippen LogP contribution in [-0.4, -0.2) is 46.6 Å². The van der Waals surface area contributed by atoms with Gasteiger partial charge < -0.3 is 15.1 Å². The van der Waals surface area contributed by atoms with E-state index in [0.29, 0.717) is 0 Å². The lowest BCUT2D eigenvalue weighted by molar-refractivity contribution is -0.142. The van der Waals surface area contributed by atoms with E-state index in [1.165, 1.54) is 20.0 Å². The normalized spacial score (nSPS) is 9.00. The van der Waals surface area contributed by atoms with E-state index in [1.54, 1.807) is 6.92 Å². The van der Waals surface area contributed by atoms with Gasteiger partial charge in [-0.3, -0.25) is 9.59 Å². The van der Waals surface area contributed by atoms with E-state index in [9.17, 15) is 14.4 Å². The molecule has 0 unspecified atom stereocenters. The summed E-state index contributed by atoms with van der Waals surface area (Å²) in [6.45, 7) is 2.76. The van der Waals surface area contributed by atoms with E-state index in [-0.39, 0.29) is 12.5 Å². The van der Waals surface area contributed by atoms with Crippen LogP contribution in [0.2, 0.25) is 0 Å². The van der Waals surface area contributed by atoms with Crippen molar-refractivity contribution in [3.63, 3.8) is 0 Å². The van der Waals surface area contributed by atoms with Crippen LogP contribution in [0.3, 0.4) is 0 Å². The van der Waals surface area contributed by atoms with E-state index in [1.807, 2.05) is 0 Å². The molecule has 2 N–H and O–H groups in total. The fourth-order valence-electron chi connectivity index (χ4n) is 0.457. The topological polar surface area (TPSA) is 94.9 Å². The minimum atomic E-state index is -0.993. The van der Waals surface area contributed by atoms with E-state index >= 15 is 0 Å². The van der Waals surface area contributed by atoms with Crippen molar-refractivity contribution in [3.05, 3.63) is 12.2 Å². The van der Waals surface area contributed by atoms with Gasteiger partial charge in [0.2, 0.25) is 5.91 Å². The van der Waals surface area contributed by atoms with E-state index in [2.05, 4.69) is 0 Å². The van der Waals surface area contributed by atoms with E-state index < -0.39 is 11.9 Å². The number of nitrogens with zero attached hydrogens (tertiary/aromatic N) is 1. The molecule has 0 heterocycles. The van der Waals surface area contributed by atoms with Gasteiger partial charge in [0.15, 0.2) is 0 Å². The Morgan fingerprint density at radius 1 is 1.27 bits per heavy atom. The van der Waals surface area contributed by atoms with Gasteiger partial charge in [-0.25, -0.2) is 4.79 Å². The van der Waals surface area contributed by atoms with Crippen LogP contribution < -0.4 is 0 Å². The van der Waals surface area contributed by atoms with Crippen LogP contribution in [0, 0.1) is 0 Å². The zero-order valence-electron chi connectivity index (χ0n) is 8.93. The van der Waals surface area contributed by atoms with Crippen molar-refractivity contribution in [3.8, 4) is 0 Å². The molecule has 0 aromatic heterocycles. The van der Waals surface area contributed by atoms with Gasteiger partial charge in [0.25, 0.3) is 0 Å². The first kappa shape index (κ1) is 15.6. The Kier molecular flexibility index (Phi) is 9.09. The highest BCUT2D eigenvalue weighted by atomic mass is 16.4. The lowest BCUT2D eigenvalue weighted by Gasteiger charge is -2.09. The molecule has 0 fully saturated rings. The van der Waals surface area contributed by atoms with Gasteiger partial charge in [0.05, 0.1) is 0 Å². The zero-order chi connectivity index (χ0) is 12.4. The lowest BCUT2D eigenvalue weighted by Crippen LogP contribution is -2.29.